The van der Waals surface area contributed by atoms with E-state index < -0.39 is 12.0 Å². The number of nitrogens with zero attached hydrogens (tertiary/aromatic N) is 1. The lowest BCUT2D eigenvalue weighted by Gasteiger charge is -2.34. The quantitative estimate of drug-likeness (QED) is 0.610. The summed E-state index contributed by atoms with van der Waals surface area (Å²) >= 11 is 0. The highest BCUT2D eigenvalue weighted by molar-refractivity contribution is 5.85. The molecule has 0 bridgehead atoms. The number of carbonyl (C=O) groups excluding carboxylic acids is 2. The van der Waals surface area contributed by atoms with Crippen LogP contribution in [-0.2, 0) is 19.1 Å². The molecular weight excluding hydrogens is 198 g/mol. The molecule has 0 aromatic carbocycles. The van der Waals surface area contributed by atoms with Gasteiger partial charge in [0.25, 0.3) is 0 Å². The SMILES string of the molecule is COC(=O)C1COCCN1C(=O)C(C)C. The minimum absolute atomic E-state index is 0.0336. The van der Waals surface area contributed by atoms with Gasteiger partial charge in [0.05, 0.1) is 20.3 Å². The van der Waals surface area contributed by atoms with E-state index in [0.717, 1.165) is 0 Å². The monoisotopic (exact) mass is 215 g/mol. The summed E-state index contributed by atoms with van der Waals surface area (Å²) in [5, 5.41) is 0. The Morgan fingerprint density at radius 3 is 2.67 bits per heavy atom. The molecule has 0 spiro atoms. The fourth-order valence-corrected chi connectivity index (χ4v) is 1.53. The summed E-state index contributed by atoms with van der Waals surface area (Å²) in [5.74, 6) is -0.562. The maximum absolute atomic E-state index is 11.8. The van der Waals surface area contributed by atoms with Gasteiger partial charge in [0.15, 0.2) is 6.04 Å². The van der Waals surface area contributed by atoms with Gasteiger partial charge in [-0.15, -0.1) is 0 Å². The Hall–Kier alpha value is -1.10. The molecule has 0 aliphatic carbocycles. The highest BCUT2D eigenvalue weighted by Crippen LogP contribution is 2.12. The summed E-state index contributed by atoms with van der Waals surface area (Å²) < 4.78 is 9.81. The third-order valence-electron chi connectivity index (χ3n) is 2.38. The average molecular weight is 215 g/mol. The average Bonchev–Trinajstić information content (AvgIpc) is 2.27. The van der Waals surface area contributed by atoms with Crippen LogP contribution < -0.4 is 0 Å². The van der Waals surface area contributed by atoms with E-state index >= 15 is 0 Å². The minimum atomic E-state index is -0.585. The van der Waals surface area contributed by atoms with E-state index in [4.69, 9.17) is 4.74 Å². The van der Waals surface area contributed by atoms with E-state index in [0.29, 0.717) is 13.2 Å². The first-order valence-corrected chi connectivity index (χ1v) is 5.04. The van der Waals surface area contributed by atoms with Crippen molar-refractivity contribution in [3.8, 4) is 0 Å². The Kier molecular flexibility index (Phi) is 4.08. The molecule has 0 radical (unpaired) electrons. The van der Waals surface area contributed by atoms with E-state index in [1.54, 1.807) is 4.90 Å². The van der Waals surface area contributed by atoms with Gasteiger partial charge in [-0.3, -0.25) is 4.79 Å². The first-order chi connectivity index (χ1) is 7.07. The highest BCUT2D eigenvalue weighted by atomic mass is 16.5. The molecule has 1 amide bonds. The lowest BCUT2D eigenvalue weighted by molar-refractivity contribution is -0.162. The van der Waals surface area contributed by atoms with Gasteiger partial charge >= 0.3 is 5.97 Å². The second-order valence-electron chi connectivity index (χ2n) is 3.80. The van der Waals surface area contributed by atoms with Crippen molar-refractivity contribution < 1.29 is 19.1 Å². The molecule has 1 saturated heterocycles. The van der Waals surface area contributed by atoms with E-state index in [1.807, 2.05) is 13.8 Å². The normalized spacial score (nSPS) is 21.6. The van der Waals surface area contributed by atoms with Gasteiger partial charge in [0.1, 0.15) is 0 Å². The molecule has 1 aliphatic heterocycles. The third kappa shape index (κ3) is 2.68. The van der Waals surface area contributed by atoms with Crippen molar-refractivity contribution in [2.45, 2.75) is 19.9 Å². The van der Waals surface area contributed by atoms with Crippen molar-refractivity contribution in [3.63, 3.8) is 0 Å². The summed E-state index contributed by atoms with van der Waals surface area (Å²) in [6, 6.07) is -0.585. The van der Waals surface area contributed by atoms with Crippen LogP contribution >= 0.6 is 0 Å². The van der Waals surface area contributed by atoms with E-state index in [1.165, 1.54) is 7.11 Å². The van der Waals surface area contributed by atoms with Gasteiger partial charge in [-0.25, -0.2) is 4.79 Å². The number of ether oxygens (including phenoxy) is 2. The van der Waals surface area contributed by atoms with Crippen molar-refractivity contribution in [2.75, 3.05) is 26.9 Å². The number of esters is 1. The van der Waals surface area contributed by atoms with Crippen molar-refractivity contribution in [1.29, 1.82) is 0 Å². The van der Waals surface area contributed by atoms with Crippen LogP contribution in [0.5, 0.6) is 0 Å². The second-order valence-corrected chi connectivity index (χ2v) is 3.80. The summed E-state index contributed by atoms with van der Waals surface area (Å²) in [4.78, 5) is 24.7. The second kappa shape index (κ2) is 5.11. The van der Waals surface area contributed by atoms with Crippen LogP contribution in [0.4, 0.5) is 0 Å². The third-order valence-corrected chi connectivity index (χ3v) is 2.38. The fraction of sp³-hybridized carbons (Fsp3) is 0.800. The molecule has 1 atom stereocenters. The molecule has 1 fully saturated rings. The minimum Gasteiger partial charge on any atom is -0.467 e. The lowest BCUT2D eigenvalue weighted by Crippen LogP contribution is -2.54. The zero-order valence-electron chi connectivity index (χ0n) is 9.36. The molecule has 0 aromatic heterocycles. The van der Waals surface area contributed by atoms with Gasteiger partial charge in [0, 0.05) is 12.5 Å². The molecule has 1 aliphatic rings. The first kappa shape index (κ1) is 12.0. The Bertz CT molecular complexity index is 252. The number of methoxy groups -OCH3 is 1. The predicted molar refractivity (Wildman–Crippen MR) is 53.2 cm³/mol. The lowest BCUT2D eigenvalue weighted by atomic mass is 10.1. The molecule has 1 unspecified atom stereocenters. The number of hydrogen-bond acceptors (Lipinski definition) is 4. The van der Waals surface area contributed by atoms with Crippen LogP contribution in [0.15, 0.2) is 0 Å². The molecule has 0 N–H and O–H groups in total. The molecule has 5 heteroatoms. The maximum Gasteiger partial charge on any atom is 0.331 e. The maximum atomic E-state index is 11.8. The fourth-order valence-electron chi connectivity index (χ4n) is 1.53. The van der Waals surface area contributed by atoms with Gasteiger partial charge in [-0.2, -0.15) is 0 Å². The smallest absolute Gasteiger partial charge is 0.331 e. The Morgan fingerprint density at radius 2 is 2.13 bits per heavy atom. The van der Waals surface area contributed by atoms with E-state index in [9.17, 15) is 9.59 Å². The Balaban J connectivity index is 2.73. The first-order valence-electron chi connectivity index (χ1n) is 5.04. The van der Waals surface area contributed by atoms with Crippen LogP contribution in [0.3, 0.4) is 0 Å². The van der Waals surface area contributed by atoms with Crippen LogP contribution in [0.2, 0.25) is 0 Å². The molecule has 0 saturated carbocycles. The Labute approximate surface area is 89.3 Å². The largest absolute Gasteiger partial charge is 0.467 e. The van der Waals surface area contributed by atoms with Gasteiger partial charge in [0.2, 0.25) is 5.91 Å². The summed E-state index contributed by atoms with van der Waals surface area (Å²) in [5.41, 5.74) is 0. The van der Waals surface area contributed by atoms with Gasteiger partial charge in [-0.1, -0.05) is 13.8 Å². The molecule has 86 valence electrons. The summed E-state index contributed by atoms with van der Waals surface area (Å²) in [7, 11) is 1.31. The molecule has 5 nitrogen and oxygen atoms in total. The van der Waals surface area contributed by atoms with Crippen LogP contribution in [0, 0.1) is 5.92 Å². The predicted octanol–water partition coefficient (Wildman–Crippen LogP) is 0.0428. The van der Waals surface area contributed by atoms with E-state index in [-0.39, 0.29) is 18.4 Å². The van der Waals surface area contributed by atoms with Crippen LogP contribution in [0.25, 0.3) is 0 Å². The summed E-state index contributed by atoms with van der Waals surface area (Å²) in [6.45, 7) is 4.78. The van der Waals surface area contributed by atoms with Crippen molar-refractivity contribution >= 4 is 11.9 Å². The van der Waals surface area contributed by atoms with E-state index in [2.05, 4.69) is 4.74 Å². The number of carbonyl (C=O) groups is 2. The topological polar surface area (TPSA) is 55.8 Å². The zero-order valence-corrected chi connectivity index (χ0v) is 9.36. The number of amides is 1. The molecule has 15 heavy (non-hydrogen) atoms. The molecule has 0 aromatic rings. The van der Waals surface area contributed by atoms with Crippen molar-refractivity contribution in [2.24, 2.45) is 5.92 Å². The zero-order chi connectivity index (χ0) is 11.4. The van der Waals surface area contributed by atoms with Crippen LogP contribution in [0.1, 0.15) is 13.8 Å². The standard InChI is InChI=1S/C10H17NO4/c1-7(2)9(12)11-4-5-15-6-8(11)10(13)14-3/h7-8H,4-6H2,1-3H3. The summed E-state index contributed by atoms with van der Waals surface area (Å²) in [6.07, 6.45) is 0. The number of morpholine rings is 1. The van der Waals surface area contributed by atoms with Gasteiger partial charge < -0.3 is 14.4 Å². The highest BCUT2D eigenvalue weighted by Gasteiger charge is 2.34. The molecular formula is C10H17NO4. The number of hydrogen-bond donors (Lipinski definition) is 0. The van der Waals surface area contributed by atoms with Crippen molar-refractivity contribution in [1.82, 2.24) is 4.90 Å². The molecule has 1 heterocycles. The van der Waals surface area contributed by atoms with Crippen molar-refractivity contribution in [3.05, 3.63) is 0 Å². The van der Waals surface area contributed by atoms with Gasteiger partial charge in [-0.05, 0) is 0 Å². The van der Waals surface area contributed by atoms with Crippen LogP contribution in [-0.4, -0.2) is 49.7 Å². The number of rotatable bonds is 2. The Morgan fingerprint density at radius 1 is 1.47 bits per heavy atom. The molecule has 1 rings (SSSR count).